The second-order valence-corrected chi connectivity index (χ2v) is 5.24. The maximum Gasteiger partial charge on any atom is 0.315 e. The monoisotopic (exact) mass is 295 g/mol. The van der Waals surface area contributed by atoms with E-state index < -0.39 is 11.9 Å². The zero-order valence-electron chi connectivity index (χ0n) is 12.1. The molecule has 7 heteroatoms. The van der Waals surface area contributed by atoms with Gasteiger partial charge in [-0.2, -0.15) is 0 Å². The largest absolute Gasteiger partial charge is 0.481 e. The zero-order chi connectivity index (χ0) is 15.2. The number of carbonyl (C=O) groups is 2. The molecule has 2 amide bonds. The van der Waals surface area contributed by atoms with Crippen molar-refractivity contribution in [2.24, 2.45) is 5.92 Å². The number of carboxylic acid groups (broad SMARTS) is 1. The molecule has 3 N–H and O–H groups in total. The summed E-state index contributed by atoms with van der Waals surface area (Å²) in [6, 6.07) is -0.698. The van der Waals surface area contributed by atoms with Gasteiger partial charge in [0.1, 0.15) is 5.76 Å². The normalized spacial score (nSPS) is 21.8. The summed E-state index contributed by atoms with van der Waals surface area (Å²) in [4.78, 5) is 27.1. The van der Waals surface area contributed by atoms with E-state index in [1.165, 1.54) is 0 Å². The summed E-state index contributed by atoms with van der Waals surface area (Å²) in [5.74, 6) is -0.135. The number of hydrogen-bond donors (Lipinski definition) is 3. The van der Waals surface area contributed by atoms with E-state index in [1.807, 2.05) is 6.92 Å². The third-order valence-corrected chi connectivity index (χ3v) is 3.75. The minimum atomic E-state index is -0.847. The van der Waals surface area contributed by atoms with Crippen molar-refractivity contribution in [3.63, 3.8) is 0 Å². The number of nitrogens with one attached hydrogen (secondary N) is 2. The van der Waals surface area contributed by atoms with Crippen molar-refractivity contribution >= 4 is 12.0 Å². The Morgan fingerprint density at radius 1 is 1.43 bits per heavy atom. The summed E-state index contributed by atoms with van der Waals surface area (Å²) in [6.07, 6.45) is 5.53. The molecule has 1 aliphatic carbocycles. The Balaban J connectivity index is 1.81. The number of urea groups is 1. The molecule has 21 heavy (non-hydrogen) atoms. The lowest BCUT2D eigenvalue weighted by atomic mass is 9.84. The van der Waals surface area contributed by atoms with Gasteiger partial charge in [-0.25, -0.2) is 9.78 Å². The molecule has 2 atom stereocenters. The number of hydrogen-bond acceptors (Lipinski definition) is 4. The maximum atomic E-state index is 11.8. The number of rotatable bonds is 5. The number of nitrogens with zero attached hydrogens (tertiary/aromatic N) is 1. The molecule has 1 heterocycles. The van der Waals surface area contributed by atoms with Gasteiger partial charge >= 0.3 is 12.0 Å². The molecular weight excluding hydrogens is 274 g/mol. The lowest BCUT2D eigenvalue weighted by Gasteiger charge is -2.29. The highest BCUT2D eigenvalue weighted by molar-refractivity contribution is 5.76. The first-order valence-electron chi connectivity index (χ1n) is 7.31. The van der Waals surface area contributed by atoms with Crippen molar-refractivity contribution in [3.8, 4) is 0 Å². The van der Waals surface area contributed by atoms with Crippen molar-refractivity contribution in [1.29, 1.82) is 0 Å². The van der Waals surface area contributed by atoms with E-state index in [4.69, 9.17) is 9.52 Å². The van der Waals surface area contributed by atoms with Crippen molar-refractivity contribution in [1.82, 2.24) is 15.6 Å². The number of carbonyl (C=O) groups excluding carboxylic acids is 1. The van der Waals surface area contributed by atoms with E-state index in [0.717, 1.165) is 25.0 Å². The van der Waals surface area contributed by atoms with Crippen molar-refractivity contribution < 1.29 is 19.1 Å². The summed E-state index contributed by atoms with van der Waals surface area (Å²) in [7, 11) is 0. The molecule has 1 saturated carbocycles. The molecule has 1 aromatic heterocycles. The number of carboxylic acids is 1. The molecule has 0 spiro atoms. The summed E-state index contributed by atoms with van der Waals surface area (Å²) in [6.45, 7) is 2.15. The maximum absolute atomic E-state index is 11.8. The van der Waals surface area contributed by atoms with E-state index in [0.29, 0.717) is 18.7 Å². The molecule has 7 nitrogen and oxygen atoms in total. The number of amides is 2. The summed E-state index contributed by atoms with van der Waals surface area (Å²) in [5, 5.41) is 14.5. The van der Waals surface area contributed by atoms with Gasteiger partial charge in [-0.05, 0) is 12.8 Å². The Hall–Kier alpha value is -2.05. The number of oxazole rings is 1. The molecule has 1 fully saturated rings. The fourth-order valence-corrected chi connectivity index (χ4v) is 2.57. The molecule has 0 radical (unpaired) electrons. The zero-order valence-corrected chi connectivity index (χ0v) is 12.1. The first-order valence-corrected chi connectivity index (χ1v) is 7.31. The van der Waals surface area contributed by atoms with Gasteiger partial charge < -0.3 is 20.2 Å². The molecule has 1 aliphatic rings. The fraction of sp³-hybridized carbons (Fsp3) is 0.643. The minimum absolute atomic E-state index is 0.191. The van der Waals surface area contributed by atoms with Gasteiger partial charge in [-0.1, -0.05) is 19.8 Å². The first kappa shape index (κ1) is 15.3. The van der Waals surface area contributed by atoms with E-state index >= 15 is 0 Å². The van der Waals surface area contributed by atoms with Gasteiger partial charge in [0.05, 0.1) is 18.7 Å². The Kier molecular flexibility index (Phi) is 5.19. The molecule has 2 rings (SSSR count). The van der Waals surface area contributed by atoms with Crippen LogP contribution in [0.2, 0.25) is 0 Å². The highest BCUT2D eigenvalue weighted by Crippen LogP contribution is 2.24. The van der Waals surface area contributed by atoms with Crippen molar-refractivity contribution in [2.45, 2.75) is 51.6 Å². The van der Waals surface area contributed by atoms with Gasteiger partial charge in [-0.3, -0.25) is 4.79 Å². The number of aryl methyl sites for hydroxylation is 1. The SMILES string of the molecule is CCc1cnc(CNC(=O)NC2CCCCC2C(=O)O)o1. The van der Waals surface area contributed by atoms with Crippen LogP contribution in [0.3, 0.4) is 0 Å². The van der Waals surface area contributed by atoms with Crippen LogP contribution in [-0.2, 0) is 17.8 Å². The van der Waals surface area contributed by atoms with Crippen LogP contribution >= 0.6 is 0 Å². The van der Waals surface area contributed by atoms with Crippen LogP contribution < -0.4 is 10.6 Å². The number of aromatic nitrogens is 1. The molecule has 0 bridgehead atoms. The van der Waals surface area contributed by atoms with Gasteiger partial charge in [-0.15, -0.1) is 0 Å². The topological polar surface area (TPSA) is 104 Å². The lowest BCUT2D eigenvalue weighted by molar-refractivity contribution is -0.143. The summed E-state index contributed by atoms with van der Waals surface area (Å²) < 4.78 is 5.38. The first-order chi connectivity index (χ1) is 10.1. The second kappa shape index (κ2) is 7.10. The van der Waals surface area contributed by atoms with Crippen LogP contribution in [-0.4, -0.2) is 28.1 Å². The Bertz CT molecular complexity index is 500. The molecule has 0 saturated heterocycles. The molecule has 116 valence electrons. The molecular formula is C14H21N3O4. The van der Waals surface area contributed by atoms with Gasteiger partial charge in [0.25, 0.3) is 0 Å². The van der Waals surface area contributed by atoms with Crippen LogP contribution in [0.15, 0.2) is 10.6 Å². The third kappa shape index (κ3) is 4.21. The van der Waals surface area contributed by atoms with E-state index in [-0.39, 0.29) is 18.6 Å². The average Bonchev–Trinajstić information content (AvgIpc) is 2.93. The summed E-state index contributed by atoms with van der Waals surface area (Å²) >= 11 is 0. The van der Waals surface area contributed by atoms with Crippen LogP contribution in [0.1, 0.15) is 44.3 Å². The average molecular weight is 295 g/mol. The van der Waals surface area contributed by atoms with Crippen LogP contribution in [0.5, 0.6) is 0 Å². The van der Waals surface area contributed by atoms with Crippen LogP contribution in [0.4, 0.5) is 4.79 Å². The Labute approximate surface area is 123 Å². The predicted octanol–water partition coefficient (Wildman–Crippen LogP) is 1.68. The minimum Gasteiger partial charge on any atom is -0.481 e. The van der Waals surface area contributed by atoms with E-state index in [2.05, 4.69) is 15.6 Å². The van der Waals surface area contributed by atoms with E-state index in [1.54, 1.807) is 6.20 Å². The second-order valence-electron chi connectivity index (χ2n) is 5.24. The molecule has 0 aliphatic heterocycles. The lowest BCUT2D eigenvalue weighted by Crippen LogP contribution is -2.48. The standard InChI is InChI=1S/C14H21N3O4/c1-2-9-7-15-12(21-9)8-16-14(20)17-11-6-4-3-5-10(11)13(18)19/h7,10-11H,2-6,8H2,1H3,(H,18,19)(H2,16,17,20). The quantitative estimate of drug-likeness (QED) is 0.766. The third-order valence-electron chi connectivity index (χ3n) is 3.75. The highest BCUT2D eigenvalue weighted by Gasteiger charge is 2.31. The smallest absolute Gasteiger partial charge is 0.315 e. The Morgan fingerprint density at radius 2 is 2.19 bits per heavy atom. The van der Waals surface area contributed by atoms with Gasteiger partial charge in [0.15, 0.2) is 0 Å². The van der Waals surface area contributed by atoms with E-state index in [9.17, 15) is 9.59 Å². The summed E-state index contributed by atoms with van der Waals surface area (Å²) in [5.41, 5.74) is 0. The molecule has 0 aromatic carbocycles. The highest BCUT2D eigenvalue weighted by atomic mass is 16.4. The van der Waals surface area contributed by atoms with Gasteiger partial charge in [0.2, 0.25) is 5.89 Å². The van der Waals surface area contributed by atoms with Gasteiger partial charge in [0, 0.05) is 12.5 Å². The molecule has 1 aromatic rings. The predicted molar refractivity (Wildman–Crippen MR) is 74.6 cm³/mol. The number of aliphatic carboxylic acids is 1. The van der Waals surface area contributed by atoms with Crippen LogP contribution in [0.25, 0.3) is 0 Å². The fourth-order valence-electron chi connectivity index (χ4n) is 2.57. The van der Waals surface area contributed by atoms with Crippen molar-refractivity contribution in [2.75, 3.05) is 0 Å². The molecule has 2 unspecified atom stereocenters. The Morgan fingerprint density at radius 3 is 2.86 bits per heavy atom. The van der Waals surface area contributed by atoms with Crippen LogP contribution in [0, 0.1) is 5.92 Å². The van der Waals surface area contributed by atoms with Crippen molar-refractivity contribution in [3.05, 3.63) is 17.8 Å².